The molecule has 0 saturated carbocycles. The molecule has 0 fully saturated rings. The Morgan fingerprint density at radius 3 is 3.00 bits per heavy atom. The van der Waals surface area contributed by atoms with Crippen LogP contribution < -0.4 is 4.74 Å². The minimum atomic E-state index is -0.393. The molecule has 0 aliphatic carbocycles. The molecule has 14 heavy (non-hydrogen) atoms. The van der Waals surface area contributed by atoms with Crippen LogP contribution in [0.25, 0.3) is 0 Å². The van der Waals surface area contributed by atoms with Gasteiger partial charge in [-0.15, -0.1) is 0 Å². The Morgan fingerprint density at radius 2 is 2.29 bits per heavy atom. The summed E-state index contributed by atoms with van der Waals surface area (Å²) in [5.74, 6) is 0.0740. The number of carbonyl (C=O) groups excluding carboxylic acids is 1. The highest BCUT2D eigenvalue weighted by atomic mass is 16.5. The van der Waals surface area contributed by atoms with Gasteiger partial charge >= 0.3 is 5.97 Å². The van der Waals surface area contributed by atoms with E-state index in [1.165, 1.54) is 0 Å². The first-order valence-corrected chi connectivity index (χ1v) is 4.23. The van der Waals surface area contributed by atoms with Crippen molar-refractivity contribution in [2.24, 2.45) is 5.16 Å². The Morgan fingerprint density at radius 1 is 1.50 bits per heavy atom. The van der Waals surface area contributed by atoms with Gasteiger partial charge < -0.3 is 9.94 Å². The largest absolute Gasteiger partial charge is 0.426 e. The van der Waals surface area contributed by atoms with E-state index >= 15 is 0 Å². The maximum atomic E-state index is 11.1. The van der Waals surface area contributed by atoms with Crippen molar-refractivity contribution in [3.8, 4) is 5.75 Å². The summed E-state index contributed by atoms with van der Waals surface area (Å²) in [7, 11) is 0. The average Bonchev–Trinajstić information content (AvgIpc) is 2.15. The Balaban J connectivity index is 2.57. The van der Waals surface area contributed by atoms with Gasteiger partial charge in [0.15, 0.2) is 0 Å². The van der Waals surface area contributed by atoms with E-state index in [-0.39, 0.29) is 6.42 Å². The van der Waals surface area contributed by atoms with Gasteiger partial charge in [0.05, 0.1) is 6.42 Å². The lowest BCUT2D eigenvalue weighted by Gasteiger charge is -2.16. The molecule has 2 rings (SSSR count). The molecule has 1 N–H and O–H groups in total. The molecule has 0 spiro atoms. The molecular formula is C10H9NO3. The number of carbonyl (C=O) groups is 1. The van der Waals surface area contributed by atoms with E-state index in [9.17, 15) is 4.79 Å². The zero-order chi connectivity index (χ0) is 10.1. The number of nitrogens with zero attached hydrogens (tertiary/aromatic N) is 1. The van der Waals surface area contributed by atoms with Crippen molar-refractivity contribution in [3.63, 3.8) is 0 Å². The van der Waals surface area contributed by atoms with Crippen LogP contribution in [0.1, 0.15) is 17.5 Å². The minimum absolute atomic E-state index is 0.0204. The molecule has 4 heteroatoms. The molecule has 1 heterocycles. The predicted octanol–water partition coefficient (Wildman–Crippen LogP) is 1.48. The van der Waals surface area contributed by atoms with Gasteiger partial charge in [-0.3, -0.25) is 4.79 Å². The molecule has 0 bridgehead atoms. The molecule has 1 aliphatic rings. The summed E-state index contributed by atoms with van der Waals surface area (Å²) in [4.78, 5) is 11.1. The predicted molar refractivity (Wildman–Crippen MR) is 49.8 cm³/mol. The van der Waals surface area contributed by atoms with Gasteiger partial charge in [-0.2, -0.15) is 0 Å². The third kappa shape index (κ3) is 1.35. The van der Waals surface area contributed by atoms with Crippen LogP contribution in [-0.4, -0.2) is 16.9 Å². The molecule has 1 aliphatic heterocycles. The molecule has 0 saturated heterocycles. The minimum Gasteiger partial charge on any atom is -0.426 e. The summed E-state index contributed by atoms with van der Waals surface area (Å²) >= 11 is 0. The fraction of sp³-hybridized carbons (Fsp3) is 0.200. The van der Waals surface area contributed by atoms with Gasteiger partial charge in [0.25, 0.3) is 0 Å². The molecular weight excluding hydrogens is 182 g/mol. The van der Waals surface area contributed by atoms with Gasteiger partial charge in [-0.25, -0.2) is 0 Å². The normalized spacial score (nSPS) is 17.8. The Labute approximate surface area is 80.8 Å². The Hall–Kier alpha value is -1.84. The van der Waals surface area contributed by atoms with Crippen molar-refractivity contribution < 1.29 is 14.7 Å². The summed E-state index contributed by atoms with van der Waals surface area (Å²) in [6, 6.07) is 5.41. The van der Waals surface area contributed by atoms with Crippen molar-refractivity contribution in [1.82, 2.24) is 0 Å². The first-order valence-electron chi connectivity index (χ1n) is 4.23. The monoisotopic (exact) mass is 191 g/mol. The second-order valence-corrected chi connectivity index (χ2v) is 3.20. The SMILES string of the molecule is Cc1ccc2c(c1)OC(=O)C/C2=N/O. The number of rotatable bonds is 0. The number of esters is 1. The molecule has 0 unspecified atom stereocenters. The Bertz CT molecular complexity index is 423. The number of hydrogen-bond donors (Lipinski definition) is 1. The van der Waals surface area contributed by atoms with Crippen molar-refractivity contribution in [2.45, 2.75) is 13.3 Å². The fourth-order valence-corrected chi connectivity index (χ4v) is 1.43. The average molecular weight is 191 g/mol. The summed E-state index contributed by atoms with van der Waals surface area (Å²) in [5, 5.41) is 11.8. The van der Waals surface area contributed by atoms with Crippen molar-refractivity contribution >= 4 is 11.7 Å². The molecule has 0 radical (unpaired) electrons. The number of hydrogen-bond acceptors (Lipinski definition) is 4. The first kappa shape index (κ1) is 8.74. The summed E-state index contributed by atoms with van der Waals surface area (Å²) in [6.07, 6.45) is 0.0204. The summed E-state index contributed by atoms with van der Waals surface area (Å²) in [6.45, 7) is 1.90. The Kier molecular flexibility index (Phi) is 1.96. The van der Waals surface area contributed by atoms with Crippen molar-refractivity contribution in [3.05, 3.63) is 29.3 Å². The van der Waals surface area contributed by atoms with Crippen LogP contribution in [0.15, 0.2) is 23.4 Å². The zero-order valence-electron chi connectivity index (χ0n) is 7.65. The van der Waals surface area contributed by atoms with E-state index in [0.29, 0.717) is 17.0 Å². The second kappa shape index (κ2) is 3.14. The topological polar surface area (TPSA) is 58.9 Å². The third-order valence-electron chi connectivity index (χ3n) is 2.10. The maximum absolute atomic E-state index is 11.1. The number of benzene rings is 1. The van der Waals surface area contributed by atoms with Gasteiger partial charge in [0, 0.05) is 5.56 Å². The number of ether oxygens (including phenoxy) is 1. The highest BCUT2D eigenvalue weighted by molar-refractivity contribution is 6.13. The number of fused-ring (bicyclic) bond motifs is 1. The van der Waals surface area contributed by atoms with Crippen LogP contribution in [-0.2, 0) is 4.79 Å². The maximum Gasteiger partial charge on any atom is 0.317 e. The molecule has 0 aromatic heterocycles. The van der Waals surface area contributed by atoms with Gasteiger partial charge in [0.1, 0.15) is 11.5 Å². The van der Waals surface area contributed by atoms with Gasteiger partial charge in [-0.05, 0) is 24.6 Å². The fourth-order valence-electron chi connectivity index (χ4n) is 1.43. The number of aryl methyl sites for hydroxylation is 1. The van der Waals surface area contributed by atoms with Crippen LogP contribution in [0.3, 0.4) is 0 Å². The quantitative estimate of drug-likeness (QED) is 0.292. The standard InChI is InChI=1S/C10H9NO3/c1-6-2-3-7-8(11-13)5-10(12)14-9(7)4-6/h2-4,13H,5H2,1H3/b11-8-. The van der Waals surface area contributed by atoms with Gasteiger partial charge in [-0.1, -0.05) is 11.2 Å². The van der Waals surface area contributed by atoms with Crippen LogP contribution >= 0.6 is 0 Å². The third-order valence-corrected chi connectivity index (χ3v) is 2.10. The highest BCUT2D eigenvalue weighted by Gasteiger charge is 2.23. The lowest BCUT2D eigenvalue weighted by Crippen LogP contribution is -2.22. The van der Waals surface area contributed by atoms with E-state index < -0.39 is 5.97 Å². The van der Waals surface area contributed by atoms with Crippen molar-refractivity contribution in [1.29, 1.82) is 0 Å². The van der Waals surface area contributed by atoms with E-state index in [2.05, 4.69) is 5.16 Å². The molecule has 0 amide bonds. The smallest absolute Gasteiger partial charge is 0.317 e. The van der Waals surface area contributed by atoms with Crippen LogP contribution in [0, 0.1) is 6.92 Å². The van der Waals surface area contributed by atoms with E-state index in [1.54, 1.807) is 12.1 Å². The summed E-state index contributed by atoms with van der Waals surface area (Å²) < 4.78 is 5.01. The number of oxime groups is 1. The van der Waals surface area contributed by atoms with Gasteiger partial charge in [0.2, 0.25) is 0 Å². The molecule has 0 atom stereocenters. The lowest BCUT2D eigenvalue weighted by molar-refractivity contribution is -0.133. The molecule has 72 valence electrons. The highest BCUT2D eigenvalue weighted by Crippen LogP contribution is 2.26. The van der Waals surface area contributed by atoms with Crippen LogP contribution in [0.4, 0.5) is 0 Å². The van der Waals surface area contributed by atoms with E-state index in [1.807, 2.05) is 13.0 Å². The molecule has 4 nitrogen and oxygen atoms in total. The van der Waals surface area contributed by atoms with Crippen molar-refractivity contribution in [2.75, 3.05) is 0 Å². The first-order chi connectivity index (χ1) is 6.70. The molecule has 1 aromatic rings. The molecule has 1 aromatic carbocycles. The zero-order valence-corrected chi connectivity index (χ0v) is 7.65. The summed E-state index contributed by atoms with van der Waals surface area (Å²) in [5.41, 5.74) is 2.03. The van der Waals surface area contributed by atoms with Crippen LogP contribution in [0.5, 0.6) is 5.75 Å². The second-order valence-electron chi connectivity index (χ2n) is 3.20. The van der Waals surface area contributed by atoms with Crippen LogP contribution in [0.2, 0.25) is 0 Å². The van der Waals surface area contributed by atoms with E-state index in [4.69, 9.17) is 9.94 Å². The lowest BCUT2D eigenvalue weighted by atomic mass is 10.0. The van der Waals surface area contributed by atoms with E-state index in [0.717, 1.165) is 5.56 Å².